The van der Waals surface area contributed by atoms with Gasteiger partial charge in [0, 0.05) is 67.0 Å². The van der Waals surface area contributed by atoms with Crippen LogP contribution < -0.4 is 15.5 Å². The van der Waals surface area contributed by atoms with Crippen molar-refractivity contribution in [3.05, 3.63) is 59.8 Å². The maximum absolute atomic E-state index is 11.9. The molecule has 0 radical (unpaired) electrons. The van der Waals surface area contributed by atoms with Gasteiger partial charge in [-0.1, -0.05) is 6.07 Å². The second kappa shape index (κ2) is 9.14. The summed E-state index contributed by atoms with van der Waals surface area (Å²) in [4.78, 5) is 26.5. The van der Waals surface area contributed by atoms with Crippen molar-refractivity contribution in [2.24, 2.45) is 5.92 Å². The summed E-state index contributed by atoms with van der Waals surface area (Å²) in [6.07, 6.45) is 8.38. The summed E-state index contributed by atoms with van der Waals surface area (Å²) in [6.45, 7) is 5.67. The summed E-state index contributed by atoms with van der Waals surface area (Å²) >= 11 is 0. The van der Waals surface area contributed by atoms with Crippen LogP contribution in [0.3, 0.4) is 0 Å². The number of hydrogen-bond acceptors (Lipinski definition) is 6. The summed E-state index contributed by atoms with van der Waals surface area (Å²) in [6, 6.07) is 16.3. The molecule has 7 nitrogen and oxygen atoms in total. The third kappa shape index (κ3) is 4.25. The molecule has 2 N–H and O–H groups in total. The van der Waals surface area contributed by atoms with Gasteiger partial charge in [-0.2, -0.15) is 0 Å². The van der Waals surface area contributed by atoms with Gasteiger partial charge in [0.15, 0.2) is 0 Å². The highest BCUT2D eigenvalue weighted by molar-refractivity contribution is 5.92. The molecule has 3 aliphatic heterocycles. The number of benzene rings is 2. The third-order valence-electron chi connectivity index (χ3n) is 8.89. The van der Waals surface area contributed by atoms with E-state index in [0.717, 1.165) is 72.1 Å². The molecule has 3 atom stereocenters. The summed E-state index contributed by atoms with van der Waals surface area (Å²) < 4.78 is 0. The van der Waals surface area contributed by atoms with E-state index in [1.165, 1.54) is 37.1 Å². The van der Waals surface area contributed by atoms with Crippen LogP contribution in [0.2, 0.25) is 0 Å². The molecule has 1 amide bonds. The first-order chi connectivity index (χ1) is 18.1. The summed E-state index contributed by atoms with van der Waals surface area (Å²) in [5, 5.41) is 6.42. The maximum Gasteiger partial charge on any atom is 0.227 e. The first kappa shape index (κ1) is 22.7. The second-order valence-electron chi connectivity index (χ2n) is 11.1. The van der Waals surface area contributed by atoms with Gasteiger partial charge in [0.25, 0.3) is 0 Å². The van der Waals surface area contributed by atoms with Crippen molar-refractivity contribution in [3.63, 3.8) is 0 Å². The number of piperazine rings is 1. The van der Waals surface area contributed by atoms with Crippen LogP contribution in [0, 0.1) is 12.8 Å². The number of aromatic nitrogens is 2. The molecule has 0 spiro atoms. The molecule has 7 heteroatoms. The van der Waals surface area contributed by atoms with E-state index in [4.69, 9.17) is 4.98 Å². The van der Waals surface area contributed by atoms with Crippen LogP contribution in [0.15, 0.2) is 48.7 Å². The Kier molecular flexibility index (Phi) is 5.61. The quantitative estimate of drug-likeness (QED) is 0.523. The highest BCUT2D eigenvalue weighted by Gasteiger charge is 2.47. The Morgan fingerprint density at radius 1 is 1.05 bits per heavy atom. The van der Waals surface area contributed by atoms with E-state index >= 15 is 0 Å². The van der Waals surface area contributed by atoms with E-state index in [1.807, 2.05) is 18.2 Å². The largest absolute Gasteiger partial charge is 0.368 e. The highest BCUT2D eigenvalue weighted by atomic mass is 16.1. The van der Waals surface area contributed by atoms with Crippen LogP contribution in [-0.4, -0.2) is 52.5 Å². The van der Waals surface area contributed by atoms with E-state index in [1.54, 1.807) is 6.20 Å². The lowest BCUT2D eigenvalue weighted by Gasteiger charge is -2.45. The first-order valence-corrected chi connectivity index (χ1v) is 13.8. The smallest absolute Gasteiger partial charge is 0.227 e. The van der Waals surface area contributed by atoms with Crippen molar-refractivity contribution in [1.82, 2.24) is 14.9 Å². The fourth-order valence-electron chi connectivity index (χ4n) is 7.09. The Hall–Kier alpha value is -3.45. The SMILES string of the molecule is Cc1cc(Nc2nccc(-c3ccc4c(c3)CCCC(=O)N4)n2)ccc1N1CCN2C3CCC(C3)C2C1. The number of fused-ring (bicyclic) bond motifs is 6. The molecule has 1 aromatic heterocycles. The Balaban J connectivity index is 1.07. The van der Waals surface area contributed by atoms with Crippen molar-refractivity contribution >= 4 is 28.9 Å². The zero-order valence-corrected chi connectivity index (χ0v) is 21.4. The molecule has 37 heavy (non-hydrogen) atoms. The lowest BCUT2D eigenvalue weighted by molar-refractivity contribution is -0.116. The number of hydrogen-bond donors (Lipinski definition) is 2. The van der Waals surface area contributed by atoms with E-state index in [9.17, 15) is 4.79 Å². The normalized spacial score (nSPS) is 24.8. The topological polar surface area (TPSA) is 73.4 Å². The van der Waals surface area contributed by atoms with Gasteiger partial charge in [0.1, 0.15) is 0 Å². The predicted octanol–water partition coefficient (Wildman–Crippen LogP) is 5.14. The fourth-order valence-corrected chi connectivity index (χ4v) is 7.09. The van der Waals surface area contributed by atoms with Crippen LogP contribution in [0.4, 0.5) is 23.0 Å². The average molecular weight is 495 g/mol. The third-order valence-corrected chi connectivity index (χ3v) is 8.89. The summed E-state index contributed by atoms with van der Waals surface area (Å²) in [5.41, 5.74) is 7.61. The van der Waals surface area contributed by atoms with Crippen molar-refractivity contribution in [2.45, 2.75) is 57.5 Å². The van der Waals surface area contributed by atoms with Gasteiger partial charge >= 0.3 is 0 Å². The summed E-state index contributed by atoms with van der Waals surface area (Å²) in [5.74, 6) is 1.58. The van der Waals surface area contributed by atoms with Crippen LogP contribution in [-0.2, 0) is 11.2 Å². The number of piperidine rings is 1. The van der Waals surface area contributed by atoms with Gasteiger partial charge in [0.2, 0.25) is 11.9 Å². The molecule has 2 saturated heterocycles. The number of aryl methyl sites for hydroxylation is 2. The zero-order valence-electron chi connectivity index (χ0n) is 21.4. The Bertz CT molecular complexity index is 1360. The number of nitrogens with one attached hydrogen (secondary N) is 2. The molecular weight excluding hydrogens is 460 g/mol. The van der Waals surface area contributed by atoms with E-state index < -0.39 is 0 Å². The lowest BCUT2D eigenvalue weighted by Crippen LogP contribution is -2.55. The lowest BCUT2D eigenvalue weighted by atomic mass is 9.96. The molecule has 7 rings (SSSR count). The Morgan fingerprint density at radius 3 is 2.92 bits per heavy atom. The zero-order chi connectivity index (χ0) is 24.9. The van der Waals surface area contributed by atoms with Gasteiger partial charge in [-0.25, -0.2) is 9.97 Å². The number of amides is 1. The van der Waals surface area contributed by atoms with Gasteiger partial charge < -0.3 is 15.5 Å². The molecule has 2 bridgehead atoms. The van der Waals surface area contributed by atoms with Crippen molar-refractivity contribution in [3.8, 4) is 11.3 Å². The van der Waals surface area contributed by atoms with Crippen LogP contribution >= 0.6 is 0 Å². The summed E-state index contributed by atoms with van der Waals surface area (Å²) in [7, 11) is 0. The molecule has 3 fully saturated rings. The van der Waals surface area contributed by atoms with Crippen molar-refractivity contribution in [2.75, 3.05) is 35.2 Å². The van der Waals surface area contributed by atoms with Crippen molar-refractivity contribution in [1.29, 1.82) is 0 Å². The van der Waals surface area contributed by atoms with Crippen LogP contribution in [0.25, 0.3) is 11.3 Å². The minimum atomic E-state index is 0.0918. The number of rotatable bonds is 4. The molecule has 2 aromatic carbocycles. The monoisotopic (exact) mass is 494 g/mol. The molecule has 190 valence electrons. The van der Waals surface area contributed by atoms with Gasteiger partial charge in [-0.15, -0.1) is 0 Å². The minimum Gasteiger partial charge on any atom is -0.368 e. The number of carbonyl (C=O) groups excluding carboxylic acids is 1. The standard InChI is InChI=1S/C30H34N6O/c1-19-15-23(7-10-27(19)35-13-14-36-24-8-5-22(17-24)28(36)18-35)32-30-31-12-11-26(34-30)21-6-9-25-20(16-21)3-2-4-29(37)33-25/h6-7,9-12,15-16,22,24,28H,2-5,8,13-14,17-18H2,1H3,(H,33,37)(H,31,32,34). The Morgan fingerprint density at radius 2 is 2.00 bits per heavy atom. The Labute approximate surface area is 218 Å². The molecule has 1 saturated carbocycles. The number of nitrogens with zero attached hydrogens (tertiary/aromatic N) is 4. The van der Waals surface area contributed by atoms with Crippen LogP contribution in [0.1, 0.15) is 43.2 Å². The number of carbonyl (C=O) groups is 1. The van der Waals surface area contributed by atoms with E-state index in [-0.39, 0.29) is 5.91 Å². The number of anilines is 4. The molecule has 3 unspecified atom stereocenters. The predicted molar refractivity (Wildman–Crippen MR) is 147 cm³/mol. The van der Waals surface area contributed by atoms with Gasteiger partial charge in [0.05, 0.1) is 5.69 Å². The first-order valence-electron chi connectivity index (χ1n) is 13.8. The second-order valence-corrected chi connectivity index (χ2v) is 11.1. The molecule has 4 aliphatic rings. The molecule has 3 aromatic rings. The average Bonchev–Trinajstić information content (AvgIpc) is 3.47. The van der Waals surface area contributed by atoms with E-state index in [2.05, 4.69) is 56.6 Å². The maximum atomic E-state index is 11.9. The molecule has 1 aliphatic carbocycles. The van der Waals surface area contributed by atoms with E-state index in [0.29, 0.717) is 12.4 Å². The van der Waals surface area contributed by atoms with Gasteiger partial charge in [-0.05, 0) is 92.5 Å². The highest BCUT2D eigenvalue weighted by Crippen LogP contribution is 2.44. The molecular formula is C30H34N6O. The van der Waals surface area contributed by atoms with Crippen LogP contribution in [0.5, 0.6) is 0 Å². The minimum absolute atomic E-state index is 0.0918. The van der Waals surface area contributed by atoms with Gasteiger partial charge in [-0.3, -0.25) is 9.69 Å². The molecule has 4 heterocycles. The van der Waals surface area contributed by atoms with Crippen molar-refractivity contribution < 1.29 is 4.79 Å². The fraction of sp³-hybridized carbons (Fsp3) is 0.433.